The molecule has 1 saturated heterocycles. The van der Waals surface area contributed by atoms with Crippen LogP contribution in [0.2, 0.25) is 0 Å². The summed E-state index contributed by atoms with van der Waals surface area (Å²) in [7, 11) is 1.41. The summed E-state index contributed by atoms with van der Waals surface area (Å²) in [6.45, 7) is 2.40. The van der Waals surface area contributed by atoms with Crippen molar-refractivity contribution in [2.45, 2.75) is 6.92 Å². The lowest BCUT2D eigenvalue weighted by Crippen LogP contribution is -2.27. The number of rotatable bonds is 3. The van der Waals surface area contributed by atoms with Crippen molar-refractivity contribution >= 4 is 40.3 Å². The normalized spacial score (nSPS) is 17.4. The van der Waals surface area contributed by atoms with E-state index in [0.717, 1.165) is 0 Å². The predicted molar refractivity (Wildman–Crippen MR) is 78.5 cm³/mol. The summed E-state index contributed by atoms with van der Waals surface area (Å²) in [6, 6.07) is 4.56. The number of hydrogen-bond donors (Lipinski definition) is 0. The Hall–Kier alpha value is -1.40. The molecule has 1 aliphatic heterocycles. The Morgan fingerprint density at radius 3 is 2.79 bits per heavy atom. The molecule has 1 aliphatic rings. The van der Waals surface area contributed by atoms with Gasteiger partial charge in [-0.2, -0.15) is 0 Å². The Balaban J connectivity index is 2.30. The first-order chi connectivity index (χ1) is 9.06. The Morgan fingerprint density at radius 2 is 2.26 bits per heavy atom. The van der Waals surface area contributed by atoms with Gasteiger partial charge in [0, 0.05) is 6.54 Å². The average molecular weight is 297 g/mol. The second-order valence-electron chi connectivity index (χ2n) is 3.82. The fourth-order valence-electron chi connectivity index (χ4n) is 1.70. The minimum absolute atomic E-state index is 0.131. The van der Waals surface area contributed by atoms with Crippen LogP contribution < -0.4 is 4.74 Å². The van der Waals surface area contributed by atoms with E-state index < -0.39 is 5.82 Å². The Kier molecular flexibility index (Phi) is 4.21. The highest BCUT2D eigenvalue weighted by Gasteiger charge is 2.30. The molecule has 2 rings (SSSR count). The number of carbonyl (C=O) groups excluding carboxylic acids is 1. The Bertz CT molecular complexity index is 572. The highest BCUT2D eigenvalue weighted by atomic mass is 32.2. The smallest absolute Gasteiger partial charge is 0.266 e. The molecule has 0 atom stereocenters. The van der Waals surface area contributed by atoms with Crippen LogP contribution in [0.25, 0.3) is 6.08 Å². The maximum absolute atomic E-state index is 13.6. The second kappa shape index (κ2) is 5.71. The number of hydrogen-bond acceptors (Lipinski definition) is 4. The molecular formula is C13H12FNO2S2. The van der Waals surface area contributed by atoms with Crippen LogP contribution in [-0.2, 0) is 4.79 Å². The largest absolute Gasteiger partial charge is 0.494 e. The fourth-order valence-corrected chi connectivity index (χ4v) is 3.08. The third-order valence-electron chi connectivity index (χ3n) is 2.66. The minimum atomic E-state index is -0.456. The van der Waals surface area contributed by atoms with Gasteiger partial charge < -0.3 is 4.74 Å². The highest BCUT2D eigenvalue weighted by molar-refractivity contribution is 8.26. The molecule has 3 nitrogen and oxygen atoms in total. The van der Waals surface area contributed by atoms with Crippen molar-refractivity contribution < 1.29 is 13.9 Å². The monoisotopic (exact) mass is 297 g/mol. The van der Waals surface area contributed by atoms with Gasteiger partial charge >= 0.3 is 0 Å². The zero-order chi connectivity index (χ0) is 14.0. The fraction of sp³-hybridized carbons (Fsp3) is 0.231. The number of thioether (sulfide) groups is 1. The number of nitrogens with zero attached hydrogens (tertiary/aromatic N) is 1. The molecule has 6 heteroatoms. The molecule has 100 valence electrons. The van der Waals surface area contributed by atoms with E-state index in [1.54, 1.807) is 12.1 Å². The van der Waals surface area contributed by atoms with Crippen LogP contribution in [0.3, 0.4) is 0 Å². The van der Waals surface area contributed by atoms with Gasteiger partial charge in [-0.05, 0) is 30.7 Å². The first kappa shape index (κ1) is 14.0. The molecule has 0 saturated carbocycles. The molecule has 1 fully saturated rings. The van der Waals surface area contributed by atoms with Gasteiger partial charge in [0.05, 0.1) is 12.0 Å². The Labute approximate surface area is 120 Å². The maximum Gasteiger partial charge on any atom is 0.266 e. The van der Waals surface area contributed by atoms with Gasteiger partial charge in [-0.1, -0.05) is 30.0 Å². The van der Waals surface area contributed by atoms with Crippen molar-refractivity contribution in [1.29, 1.82) is 0 Å². The number of benzene rings is 1. The van der Waals surface area contributed by atoms with Crippen LogP contribution in [0.4, 0.5) is 4.39 Å². The molecule has 1 heterocycles. The molecular weight excluding hydrogens is 285 g/mol. The summed E-state index contributed by atoms with van der Waals surface area (Å²) in [5, 5.41) is 0. The van der Waals surface area contributed by atoms with Crippen molar-refractivity contribution in [2.75, 3.05) is 13.7 Å². The van der Waals surface area contributed by atoms with Crippen LogP contribution in [-0.4, -0.2) is 28.8 Å². The number of amides is 1. The van der Waals surface area contributed by atoms with Crippen LogP contribution in [0, 0.1) is 5.82 Å². The van der Waals surface area contributed by atoms with Crippen LogP contribution in [0.1, 0.15) is 12.5 Å². The van der Waals surface area contributed by atoms with Crippen molar-refractivity contribution in [2.24, 2.45) is 0 Å². The van der Waals surface area contributed by atoms with Crippen LogP contribution >= 0.6 is 24.0 Å². The lowest BCUT2D eigenvalue weighted by Gasteiger charge is -2.09. The molecule has 0 aromatic heterocycles. The van der Waals surface area contributed by atoms with E-state index in [4.69, 9.17) is 17.0 Å². The zero-order valence-electron chi connectivity index (χ0n) is 10.5. The zero-order valence-corrected chi connectivity index (χ0v) is 12.1. The van der Waals surface area contributed by atoms with Gasteiger partial charge in [-0.15, -0.1) is 0 Å². The van der Waals surface area contributed by atoms with Crippen molar-refractivity contribution in [1.82, 2.24) is 4.90 Å². The summed E-state index contributed by atoms with van der Waals surface area (Å²) in [5.74, 6) is -0.408. The number of methoxy groups -OCH3 is 1. The lowest BCUT2D eigenvalue weighted by molar-refractivity contribution is -0.121. The maximum atomic E-state index is 13.6. The molecule has 0 bridgehead atoms. The Morgan fingerprint density at radius 1 is 1.53 bits per heavy atom. The summed E-state index contributed by atoms with van der Waals surface area (Å²) in [4.78, 5) is 14.0. The molecule has 0 N–H and O–H groups in total. The van der Waals surface area contributed by atoms with Gasteiger partial charge in [0.15, 0.2) is 11.6 Å². The molecule has 1 amide bonds. The molecule has 0 spiro atoms. The number of halogens is 1. The van der Waals surface area contributed by atoms with Gasteiger partial charge in [0.25, 0.3) is 5.91 Å². The van der Waals surface area contributed by atoms with E-state index in [9.17, 15) is 9.18 Å². The summed E-state index contributed by atoms with van der Waals surface area (Å²) in [6.07, 6.45) is 1.64. The number of ether oxygens (including phenoxy) is 1. The molecule has 0 aliphatic carbocycles. The van der Waals surface area contributed by atoms with Crippen LogP contribution in [0.5, 0.6) is 5.75 Å². The van der Waals surface area contributed by atoms with E-state index in [2.05, 4.69) is 0 Å². The highest BCUT2D eigenvalue weighted by Crippen LogP contribution is 2.32. The summed E-state index contributed by atoms with van der Waals surface area (Å²) < 4.78 is 18.9. The topological polar surface area (TPSA) is 29.5 Å². The SMILES string of the molecule is CCN1C(=O)/C(=C/c2ccc(OC)c(F)c2)SC1=S. The quantitative estimate of drug-likeness (QED) is 0.633. The van der Waals surface area contributed by atoms with E-state index in [-0.39, 0.29) is 11.7 Å². The van der Waals surface area contributed by atoms with E-state index in [1.165, 1.54) is 35.9 Å². The third kappa shape index (κ3) is 2.79. The van der Waals surface area contributed by atoms with Crippen LogP contribution in [0.15, 0.2) is 23.1 Å². The number of likely N-dealkylation sites (N-methyl/N-ethyl adjacent to an activating group) is 1. The lowest BCUT2D eigenvalue weighted by atomic mass is 10.2. The van der Waals surface area contributed by atoms with Gasteiger partial charge in [-0.25, -0.2) is 4.39 Å². The van der Waals surface area contributed by atoms with Gasteiger partial charge in [-0.3, -0.25) is 9.69 Å². The van der Waals surface area contributed by atoms with E-state index in [1.807, 2.05) is 6.92 Å². The first-order valence-electron chi connectivity index (χ1n) is 5.65. The minimum Gasteiger partial charge on any atom is -0.494 e. The molecule has 0 unspecified atom stereocenters. The molecule has 1 aromatic rings. The van der Waals surface area contributed by atoms with Crippen molar-refractivity contribution in [3.63, 3.8) is 0 Å². The van der Waals surface area contributed by atoms with E-state index in [0.29, 0.717) is 21.3 Å². The molecule has 0 radical (unpaired) electrons. The summed E-state index contributed by atoms with van der Waals surface area (Å²) in [5.41, 5.74) is 0.606. The molecule has 19 heavy (non-hydrogen) atoms. The van der Waals surface area contributed by atoms with Crippen molar-refractivity contribution in [3.8, 4) is 5.75 Å². The standard InChI is InChI=1S/C13H12FNO2S2/c1-3-15-12(16)11(19-13(15)18)7-8-4-5-10(17-2)9(14)6-8/h4-7H,3H2,1-2H3/b11-7-. The van der Waals surface area contributed by atoms with Gasteiger partial charge in [0.2, 0.25) is 0 Å². The third-order valence-corrected chi connectivity index (χ3v) is 4.04. The number of carbonyl (C=O) groups is 1. The molecule has 1 aromatic carbocycles. The van der Waals surface area contributed by atoms with E-state index >= 15 is 0 Å². The summed E-state index contributed by atoms with van der Waals surface area (Å²) >= 11 is 6.34. The predicted octanol–water partition coefficient (Wildman–Crippen LogP) is 3.06. The van der Waals surface area contributed by atoms with Gasteiger partial charge in [0.1, 0.15) is 4.32 Å². The number of thiocarbonyl (C=S) groups is 1. The second-order valence-corrected chi connectivity index (χ2v) is 5.50. The average Bonchev–Trinajstić information content (AvgIpc) is 2.64. The first-order valence-corrected chi connectivity index (χ1v) is 6.88. The van der Waals surface area contributed by atoms with Crippen molar-refractivity contribution in [3.05, 3.63) is 34.5 Å².